The number of rotatable bonds is 3. The minimum Gasteiger partial charge on any atom is -0.507 e. The van der Waals surface area contributed by atoms with Crippen LogP contribution in [0.3, 0.4) is 0 Å². The molecule has 0 spiro atoms. The third-order valence-electron chi connectivity index (χ3n) is 3.33. The minimum absolute atomic E-state index is 0.126. The van der Waals surface area contributed by atoms with Crippen molar-refractivity contribution in [2.24, 2.45) is 0 Å². The quantitative estimate of drug-likeness (QED) is 0.600. The Morgan fingerprint density at radius 1 is 1.22 bits per heavy atom. The molecular weight excluding hydrogens is 394 g/mol. The standard InChI is InChI=1S/C17H12BrNO2S2/c18-13-6-7-14(20)12(8-13)9-15-16(21)19(17(22)23-15)10-11-4-2-1-3-5-11/h1-9,20H,10H2/b15-9+. The van der Waals surface area contributed by atoms with E-state index in [0.717, 1.165) is 10.0 Å². The van der Waals surface area contributed by atoms with Crippen LogP contribution in [0.25, 0.3) is 6.08 Å². The molecule has 0 unspecified atom stereocenters. The van der Waals surface area contributed by atoms with Crippen LogP contribution in [-0.4, -0.2) is 20.2 Å². The van der Waals surface area contributed by atoms with Gasteiger partial charge in [0.2, 0.25) is 0 Å². The highest BCUT2D eigenvalue weighted by Gasteiger charge is 2.32. The Balaban J connectivity index is 1.86. The van der Waals surface area contributed by atoms with Crippen molar-refractivity contribution >= 4 is 56.2 Å². The topological polar surface area (TPSA) is 40.5 Å². The van der Waals surface area contributed by atoms with Crippen LogP contribution < -0.4 is 0 Å². The fourth-order valence-electron chi connectivity index (χ4n) is 2.18. The molecule has 116 valence electrons. The summed E-state index contributed by atoms with van der Waals surface area (Å²) in [6.45, 7) is 0.452. The molecule has 23 heavy (non-hydrogen) atoms. The maximum atomic E-state index is 12.6. The van der Waals surface area contributed by atoms with Gasteiger partial charge in [-0.3, -0.25) is 9.69 Å². The first kappa shape index (κ1) is 16.2. The number of thioether (sulfide) groups is 1. The second-order valence-corrected chi connectivity index (χ2v) is 7.55. The molecule has 1 heterocycles. The van der Waals surface area contributed by atoms with Crippen LogP contribution in [-0.2, 0) is 11.3 Å². The average molecular weight is 406 g/mol. The molecule has 0 atom stereocenters. The van der Waals surface area contributed by atoms with Gasteiger partial charge in [0, 0.05) is 10.0 Å². The number of hydrogen-bond acceptors (Lipinski definition) is 4. The Bertz CT molecular complexity index is 805. The fraction of sp³-hybridized carbons (Fsp3) is 0.0588. The number of hydrogen-bond donors (Lipinski definition) is 1. The Kier molecular flexibility index (Phi) is 4.84. The van der Waals surface area contributed by atoms with Crippen LogP contribution in [0.15, 0.2) is 57.9 Å². The third kappa shape index (κ3) is 3.65. The van der Waals surface area contributed by atoms with E-state index in [1.54, 1.807) is 29.2 Å². The zero-order valence-electron chi connectivity index (χ0n) is 11.9. The van der Waals surface area contributed by atoms with E-state index < -0.39 is 0 Å². The molecule has 1 N–H and O–H groups in total. The van der Waals surface area contributed by atoms with Crippen LogP contribution >= 0.6 is 39.9 Å². The molecule has 1 aliphatic heterocycles. The average Bonchev–Trinajstić information content (AvgIpc) is 2.80. The van der Waals surface area contributed by atoms with E-state index in [4.69, 9.17) is 12.2 Å². The van der Waals surface area contributed by atoms with Gasteiger partial charge < -0.3 is 5.11 Å². The number of phenolic OH excluding ortho intramolecular Hbond substituents is 1. The summed E-state index contributed by atoms with van der Waals surface area (Å²) < 4.78 is 1.36. The Labute approximate surface area is 152 Å². The Morgan fingerprint density at radius 2 is 1.96 bits per heavy atom. The molecule has 1 amide bonds. The summed E-state index contributed by atoms with van der Waals surface area (Å²) in [5, 5.41) is 9.92. The molecule has 1 fully saturated rings. The third-order valence-corrected chi connectivity index (χ3v) is 5.20. The Morgan fingerprint density at radius 3 is 2.70 bits per heavy atom. The molecule has 0 aliphatic carbocycles. The van der Waals surface area contributed by atoms with Gasteiger partial charge in [-0.05, 0) is 29.8 Å². The molecule has 0 bridgehead atoms. The van der Waals surface area contributed by atoms with Gasteiger partial charge >= 0.3 is 0 Å². The Hall–Kier alpha value is -1.63. The van der Waals surface area contributed by atoms with E-state index in [1.807, 2.05) is 30.3 Å². The highest BCUT2D eigenvalue weighted by molar-refractivity contribution is 9.10. The zero-order chi connectivity index (χ0) is 16.4. The van der Waals surface area contributed by atoms with Gasteiger partial charge in [-0.1, -0.05) is 70.2 Å². The summed E-state index contributed by atoms with van der Waals surface area (Å²) in [6, 6.07) is 14.8. The lowest BCUT2D eigenvalue weighted by atomic mass is 10.2. The van der Waals surface area contributed by atoms with E-state index in [2.05, 4.69) is 15.9 Å². The fourth-order valence-corrected chi connectivity index (χ4v) is 3.81. The van der Waals surface area contributed by atoms with Gasteiger partial charge in [0.1, 0.15) is 10.1 Å². The number of halogens is 1. The largest absolute Gasteiger partial charge is 0.507 e. The van der Waals surface area contributed by atoms with Crippen molar-refractivity contribution in [3.63, 3.8) is 0 Å². The lowest BCUT2D eigenvalue weighted by Gasteiger charge is -2.14. The number of thiocarbonyl (C=S) groups is 1. The van der Waals surface area contributed by atoms with Crippen LogP contribution in [0.5, 0.6) is 5.75 Å². The molecule has 6 heteroatoms. The first-order chi connectivity index (χ1) is 11.0. The van der Waals surface area contributed by atoms with E-state index in [1.165, 1.54) is 11.8 Å². The van der Waals surface area contributed by atoms with E-state index in [9.17, 15) is 9.90 Å². The summed E-state index contributed by atoms with van der Waals surface area (Å²) in [5.41, 5.74) is 1.61. The van der Waals surface area contributed by atoms with Crippen LogP contribution in [0.1, 0.15) is 11.1 Å². The predicted molar refractivity (Wildman–Crippen MR) is 101 cm³/mol. The van der Waals surface area contributed by atoms with Crippen molar-refractivity contribution in [1.29, 1.82) is 0 Å². The van der Waals surface area contributed by atoms with Crippen LogP contribution in [0.2, 0.25) is 0 Å². The second-order valence-electron chi connectivity index (χ2n) is 4.96. The van der Waals surface area contributed by atoms with Gasteiger partial charge in [0.15, 0.2) is 0 Å². The molecule has 0 aromatic heterocycles. The van der Waals surface area contributed by atoms with E-state index >= 15 is 0 Å². The van der Waals surface area contributed by atoms with Crippen LogP contribution in [0.4, 0.5) is 0 Å². The van der Waals surface area contributed by atoms with Crippen molar-refractivity contribution in [3.8, 4) is 5.75 Å². The molecule has 2 aromatic carbocycles. The number of phenols is 1. The van der Waals surface area contributed by atoms with Gasteiger partial charge in [-0.2, -0.15) is 0 Å². The first-order valence-electron chi connectivity index (χ1n) is 6.82. The second kappa shape index (κ2) is 6.86. The smallest absolute Gasteiger partial charge is 0.266 e. The number of aromatic hydroxyl groups is 1. The lowest BCUT2D eigenvalue weighted by molar-refractivity contribution is -0.122. The van der Waals surface area contributed by atoms with Crippen molar-refractivity contribution in [2.75, 3.05) is 0 Å². The molecule has 0 saturated carbocycles. The summed E-state index contributed by atoms with van der Waals surface area (Å²) in [7, 11) is 0. The normalized spacial score (nSPS) is 16.4. The maximum absolute atomic E-state index is 12.6. The SMILES string of the molecule is O=C1/C(=C\c2cc(Br)ccc2O)SC(=S)N1Cc1ccccc1. The van der Waals surface area contributed by atoms with E-state index in [-0.39, 0.29) is 11.7 Å². The van der Waals surface area contributed by atoms with Crippen LogP contribution in [0, 0.1) is 0 Å². The molecular formula is C17H12BrNO2S2. The zero-order valence-corrected chi connectivity index (χ0v) is 15.1. The highest BCUT2D eigenvalue weighted by atomic mass is 79.9. The molecule has 3 nitrogen and oxygen atoms in total. The molecule has 3 rings (SSSR count). The van der Waals surface area contributed by atoms with Crippen molar-refractivity contribution < 1.29 is 9.90 Å². The van der Waals surface area contributed by atoms with Gasteiger partial charge in [-0.25, -0.2) is 0 Å². The highest BCUT2D eigenvalue weighted by Crippen LogP contribution is 2.35. The van der Waals surface area contributed by atoms with Gasteiger partial charge in [0.25, 0.3) is 5.91 Å². The summed E-state index contributed by atoms with van der Waals surface area (Å²) >= 11 is 9.94. The minimum atomic E-state index is -0.136. The molecule has 2 aromatic rings. The number of benzene rings is 2. The monoisotopic (exact) mass is 405 g/mol. The lowest BCUT2D eigenvalue weighted by Crippen LogP contribution is -2.27. The molecule has 1 aliphatic rings. The molecule has 1 saturated heterocycles. The van der Waals surface area contributed by atoms with Crippen molar-refractivity contribution in [1.82, 2.24) is 4.90 Å². The number of amides is 1. The van der Waals surface area contributed by atoms with Gasteiger partial charge in [-0.15, -0.1) is 0 Å². The van der Waals surface area contributed by atoms with E-state index in [0.29, 0.717) is 21.3 Å². The number of nitrogens with zero attached hydrogens (tertiary/aromatic N) is 1. The first-order valence-corrected chi connectivity index (χ1v) is 8.84. The van der Waals surface area contributed by atoms with Gasteiger partial charge in [0.05, 0.1) is 11.4 Å². The number of carbonyl (C=O) groups excluding carboxylic acids is 1. The summed E-state index contributed by atoms with van der Waals surface area (Å²) in [5.74, 6) is -0.00948. The summed E-state index contributed by atoms with van der Waals surface area (Å²) in [6.07, 6.45) is 1.67. The molecule has 0 radical (unpaired) electrons. The number of carbonyl (C=O) groups is 1. The summed E-state index contributed by atoms with van der Waals surface area (Å²) in [4.78, 5) is 14.7. The van der Waals surface area contributed by atoms with Crippen molar-refractivity contribution in [2.45, 2.75) is 6.54 Å². The predicted octanol–water partition coefficient (Wildman–Crippen LogP) is 4.56. The maximum Gasteiger partial charge on any atom is 0.266 e. The van der Waals surface area contributed by atoms with Crippen molar-refractivity contribution in [3.05, 3.63) is 69.0 Å².